The summed E-state index contributed by atoms with van der Waals surface area (Å²) in [6, 6.07) is 111. The van der Waals surface area contributed by atoms with Gasteiger partial charge in [0.2, 0.25) is 0 Å². The molecule has 0 atom stereocenters. The molecule has 2 spiro atoms. The summed E-state index contributed by atoms with van der Waals surface area (Å²) < 4.78 is 6.79. The van der Waals surface area contributed by atoms with Gasteiger partial charge in [-0.2, -0.15) is 0 Å². The molecule has 91 heavy (non-hydrogen) atoms. The van der Waals surface area contributed by atoms with Crippen molar-refractivity contribution in [2.45, 2.75) is 10.8 Å². The molecule has 2 heterocycles. The molecule has 0 aliphatic heterocycles. The van der Waals surface area contributed by atoms with Crippen LogP contribution >= 0.6 is 0 Å². The standard InChI is InChI=1S/C88H50N2O/c1-2-21-58-56(18-1)47-70(86-83(58)69-28-9-16-35-82(69)91-86)55-19-17-20-57(44-55)81-50-89-84-71-45-51(53-38-42-67-65-26-7-14-33-77(65)87(79(67)48-53)73-29-10-3-22-61(73)62-23-4-11-30-74(62)87)36-40-59(71)60-41-37-52(46-72(60)85(84)90-81)54-39-43-68-66-27-8-15-34-78(66)88(80(68)49-54)75-31-12-5-24-63(75)64-25-6-13-32-76(64)88/h1-50H. The topological polar surface area (TPSA) is 38.9 Å². The number of fused-ring (bicyclic) bond motifs is 31. The molecule has 2 aromatic heterocycles. The molecule has 4 aliphatic carbocycles. The van der Waals surface area contributed by atoms with Crippen molar-refractivity contribution in [3.8, 4) is 89.1 Å². The summed E-state index contributed by atoms with van der Waals surface area (Å²) in [7, 11) is 0. The van der Waals surface area contributed by atoms with E-state index in [0.717, 1.165) is 99.2 Å². The van der Waals surface area contributed by atoms with Crippen molar-refractivity contribution in [3.63, 3.8) is 0 Å². The second kappa shape index (κ2) is 17.9. The molecular formula is C88H50N2O. The molecule has 0 radical (unpaired) electrons. The quantitative estimate of drug-likeness (QED) is 0.165. The third kappa shape index (κ3) is 6.36. The van der Waals surface area contributed by atoms with Gasteiger partial charge >= 0.3 is 0 Å². The highest BCUT2D eigenvalue weighted by Gasteiger charge is 2.53. The first kappa shape index (κ1) is 49.2. The minimum absolute atomic E-state index is 0.451. The fourth-order valence-electron chi connectivity index (χ4n) is 17.4. The summed E-state index contributed by atoms with van der Waals surface area (Å²) in [5.41, 5.74) is 32.0. The van der Waals surface area contributed by atoms with E-state index in [0.29, 0.717) is 0 Å². The molecule has 3 nitrogen and oxygen atoms in total. The van der Waals surface area contributed by atoms with Gasteiger partial charge in [0, 0.05) is 32.7 Å². The molecule has 15 aromatic carbocycles. The lowest BCUT2D eigenvalue weighted by molar-refractivity contribution is 0.670. The van der Waals surface area contributed by atoms with Crippen LogP contribution in [0, 0.1) is 0 Å². The van der Waals surface area contributed by atoms with Gasteiger partial charge in [0.05, 0.1) is 33.8 Å². The highest BCUT2D eigenvalue weighted by Crippen LogP contribution is 2.65. The van der Waals surface area contributed by atoms with Crippen molar-refractivity contribution in [1.29, 1.82) is 0 Å². The zero-order valence-electron chi connectivity index (χ0n) is 49.2. The summed E-state index contributed by atoms with van der Waals surface area (Å²) in [5, 5.41) is 8.99. The Morgan fingerprint density at radius 1 is 0.253 bits per heavy atom. The van der Waals surface area contributed by atoms with Crippen LogP contribution < -0.4 is 0 Å². The van der Waals surface area contributed by atoms with E-state index in [9.17, 15) is 0 Å². The number of benzene rings is 15. The molecule has 0 saturated carbocycles. The molecule has 4 aliphatic rings. The molecule has 0 amide bonds. The van der Waals surface area contributed by atoms with Gasteiger partial charge in [0.1, 0.15) is 11.2 Å². The van der Waals surface area contributed by atoms with Crippen molar-refractivity contribution in [2.24, 2.45) is 0 Å². The van der Waals surface area contributed by atoms with Crippen LogP contribution in [0.5, 0.6) is 0 Å². The Kier molecular flexibility index (Phi) is 9.71. The van der Waals surface area contributed by atoms with Crippen molar-refractivity contribution in [2.75, 3.05) is 0 Å². The zero-order valence-corrected chi connectivity index (χ0v) is 49.2. The lowest BCUT2D eigenvalue weighted by Crippen LogP contribution is -2.25. The maximum absolute atomic E-state index is 6.79. The van der Waals surface area contributed by atoms with Gasteiger partial charge < -0.3 is 4.42 Å². The van der Waals surface area contributed by atoms with E-state index in [4.69, 9.17) is 14.4 Å². The van der Waals surface area contributed by atoms with Crippen molar-refractivity contribution in [3.05, 3.63) is 348 Å². The third-order valence-electron chi connectivity index (χ3n) is 21.1. The summed E-state index contributed by atoms with van der Waals surface area (Å²) in [5.74, 6) is 0. The predicted octanol–water partition coefficient (Wildman–Crippen LogP) is 22.3. The average molecular weight is 1150 g/mol. The predicted molar refractivity (Wildman–Crippen MR) is 374 cm³/mol. The van der Waals surface area contributed by atoms with Crippen LogP contribution in [-0.4, -0.2) is 9.97 Å². The van der Waals surface area contributed by atoms with Crippen LogP contribution in [0.2, 0.25) is 0 Å². The smallest absolute Gasteiger partial charge is 0.143 e. The number of hydrogen-bond acceptors (Lipinski definition) is 3. The van der Waals surface area contributed by atoms with Crippen LogP contribution in [0.4, 0.5) is 0 Å². The van der Waals surface area contributed by atoms with Gasteiger partial charge in [-0.1, -0.05) is 255 Å². The van der Waals surface area contributed by atoms with Crippen molar-refractivity contribution < 1.29 is 4.42 Å². The van der Waals surface area contributed by atoms with E-state index < -0.39 is 10.8 Å². The normalized spacial score (nSPS) is 13.9. The van der Waals surface area contributed by atoms with Crippen LogP contribution in [0.25, 0.3) is 154 Å². The van der Waals surface area contributed by atoms with Crippen LogP contribution in [-0.2, 0) is 10.8 Å². The number of nitrogens with zero attached hydrogens (tertiary/aromatic N) is 2. The van der Waals surface area contributed by atoms with Crippen LogP contribution in [0.15, 0.2) is 308 Å². The lowest BCUT2D eigenvalue weighted by atomic mass is 9.70. The number of furan rings is 1. The number of hydrogen-bond donors (Lipinski definition) is 0. The summed E-state index contributed by atoms with van der Waals surface area (Å²) in [6.45, 7) is 0. The maximum Gasteiger partial charge on any atom is 0.143 e. The zero-order chi connectivity index (χ0) is 59.3. The van der Waals surface area contributed by atoms with E-state index in [1.807, 2.05) is 12.3 Å². The second-order valence-corrected chi connectivity index (χ2v) is 25.3. The minimum atomic E-state index is -0.458. The van der Waals surface area contributed by atoms with Crippen molar-refractivity contribution in [1.82, 2.24) is 9.97 Å². The van der Waals surface area contributed by atoms with E-state index in [1.54, 1.807) is 0 Å². The summed E-state index contributed by atoms with van der Waals surface area (Å²) in [4.78, 5) is 11.4. The van der Waals surface area contributed by atoms with Gasteiger partial charge in [0.25, 0.3) is 0 Å². The molecule has 0 unspecified atom stereocenters. The first-order valence-electron chi connectivity index (χ1n) is 31.6. The average Bonchev–Trinajstić information content (AvgIpc) is 1.52. The van der Waals surface area contributed by atoms with E-state index in [-0.39, 0.29) is 0 Å². The minimum Gasteiger partial charge on any atom is -0.455 e. The van der Waals surface area contributed by atoms with E-state index >= 15 is 0 Å². The molecular weight excluding hydrogens is 1100 g/mol. The fraction of sp³-hybridized carbons (Fsp3) is 0.0227. The van der Waals surface area contributed by atoms with Crippen molar-refractivity contribution >= 4 is 65.3 Å². The molecule has 0 bridgehead atoms. The molecule has 418 valence electrons. The van der Waals surface area contributed by atoms with Gasteiger partial charge in [-0.3, -0.25) is 4.98 Å². The highest BCUT2D eigenvalue weighted by atomic mass is 16.3. The number of aromatic nitrogens is 2. The Labute approximate surface area is 524 Å². The first-order chi connectivity index (χ1) is 45.1. The van der Waals surface area contributed by atoms with Gasteiger partial charge in [-0.15, -0.1) is 0 Å². The largest absolute Gasteiger partial charge is 0.455 e. The van der Waals surface area contributed by atoms with Crippen LogP contribution in [0.1, 0.15) is 44.5 Å². The fourth-order valence-corrected chi connectivity index (χ4v) is 17.4. The Hall–Kier alpha value is -11.8. The lowest BCUT2D eigenvalue weighted by Gasteiger charge is -2.30. The Bertz CT molecular complexity index is 5990. The van der Waals surface area contributed by atoms with Crippen LogP contribution in [0.3, 0.4) is 0 Å². The Morgan fingerprint density at radius 3 is 1.20 bits per heavy atom. The monoisotopic (exact) mass is 1150 g/mol. The first-order valence-corrected chi connectivity index (χ1v) is 31.6. The van der Waals surface area contributed by atoms with E-state index in [1.165, 1.54) is 99.8 Å². The van der Waals surface area contributed by atoms with Gasteiger partial charge in [0.15, 0.2) is 0 Å². The maximum atomic E-state index is 6.79. The summed E-state index contributed by atoms with van der Waals surface area (Å²) >= 11 is 0. The second-order valence-electron chi connectivity index (χ2n) is 25.3. The van der Waals surface area contributed by atoms with E-state index in [2.05, 4.69) is 291 Å². The van der Waals surface area contributed by atoms with Gasteiger partial charge in [-0.25, -0.2) is 4.98 Å². The SMILES string of the molecule is c1cc(-c2cnc3c4cc(-c5ccc6c(c5)C5(c7ccccc7-c7ccccc75)c5ccccc5-6)ccc4c4ccc(-c5ccc6c(c5)C5(c7ccccc7-c7ccccc75)c5ccccc5-6)cc4c3n2)cc(-c2cc3ccccc3c3c2oc2ccccc23)c1. The molecule has 0 fully saturated rings. The Balaban J connectivity index is 0.774. The molecule has 17 aromatic rings. The molecule has 21 rings (SSSR count). The number of para-hydroxylation sites is 1. The highest BCUT2D eigenvalue weighted by molar-refractivity contribution is 6.25. The van der Waals surface area contributed by atoms with Gasteiger partial charge in [-0.05, 0) is 181 Å². The number of rotatable bonds is 4. The molecule has 0 saturated heterocycles. The molecule has 0 N–H and O–H groups in total. The Morgan fingerprint density at radius 2 is 0.670 bits per heavy atom. The third-order valence-corrected chi connectivity index (χ3v) is 21.1. The summed E-state index contributed by atoms with van der Waals surface area (Å²) in [6.07, 6.45) is 1.99. The molecule has 3 heteroatoms.